The smallest absolute Gasteiger partial charge is 0.243 e. The molecule has 3 N–H and O–H groups in total. The molecule has 0 aromatic heterocycles. The molecule has 0 aromatic carbocycles. The van der Waals surface area contributed by atoms with Gasteiger partial charge >= 0.3 is 0 Å². The molecule has 1 heterocycles. The number of carbonyl (C=O) groups is 3. The van der Waals surface area contributed by atoms with Gasteiger partial charge in [-0.3, -0.25) is 14.4 Å². The third-order valence-electron chi connectivity index (χ3n) is 6.72. The van der Waals surface area contributed by atoms with Crippen molar-refractivity contribution < 1.29 is 19.5 Å². The van der Waals surface area contributed by atoms with Crippen LogP contribution in [0.3, 0.4) is 0 Å². The number of allylic oxidation sites excluding steroid dienone is 1. The summed E-state index contributed by atoms with van der Waals surface area (Å²) in [5, 5.41) is 14.9. The van der Waals surface area contributed by atoms with Crippen molar-refractivity contribution in [3.63, 3.8) is 0 Å². The van der Waals surface area contributed by atoms with Crippen molar-refractivity contribution >= 4 is 17.7 Å². The Hall–Kier alpha value is -1.89. The van der Waals surface area contributed by atoms with Crippen LogP contribution < -0.4 is 10.6 Å². The van der Waals surface area contributed by atoms with E-state index < -0.39 is 17.9 Å². The number of unbranched alkanes of at least 4 members (excludes halogenated alkanes) is 2. The minimum Gasteiger partial charge on any atom is -0.396 e. The number of aliphatic hydroxyl groups is 1. The van der Waals surface area contributed by atoms with Gasteiger partial charge in [0.25, 0.3) is 0 Å². The normalized spacial score (nSPS) is 28.4. The summed E-state index contributed by atoms with van der Waals surface area (Å²) in [6, 6.07) is -0.546. The van der Waals surface area contributed by atoms with Crippen molar-refractivity contribution in [2.24, 2.45) is 23.7 Å². The first-order chi connectivity index (χ1) is 14.9. The fourth-order valence-electron chi connectivity index (χ4n) is 5.28. The zero-order chi connectivity index (χ0) is 23.0. The van der Waals surface area contributed by atoms with Crippen LogP contribution in [0.1, 0.15) is 65.7 Å². The number of hydrogen-bond acceptors (Lipinski definition) is 4. The first-order valence-electron chi connectivity index (χ1n) is 12.0. The lowest BCUT2D eigenvalue weighted by atomic mass is 9.68. The van der Waals surface area contributed by atoms with Gasteiger partial charge in [0.05, 0.1) is 11.8 Å². The van der Waals surface area contributed by atoms with Gasteiger partial charge in [-0.15, -0.1) is 0 Å². The van der Waals surface area contributed by atoms with Crippen molar-refractivity contribution in [3.8, 4) is 0 Å². The van der Waals surface area contributed by atoms with E-state index in [-0.39, 0.29) is 42.2 Å². The Labute approximate surface area is 187 Å². The number of likely N-dealkylation sites (tertiary alicyclic amines) is 1. The van der Waals surface area contributed by atoms with Crippen LogP contribution in [0.4, 0.5) is 0 Å². The van der Waals surface area contributed by atoms with Crippen molar-refractivity contribution in [1.82, 2.24) is 15.5 Å². The Morgan fingerprint density at radius 1 is 1.13 bits per heavy atom. The Kier molecular flexibility index (Phi) is 10.0. The highest BCUT2D eigenvalue weighted by Gasteiger charge is 2.56. The number of carbonyl (C=O) groups excluding carboxylic acids is 3. The summed E-state index contributed by atoms with van der Waals surface area (Å²) in [7, 11) is 1.61. The number of aliphatic hydroxyl groups excluding tert-OH is 1. The monoisotopic (exact) mass is 435 g/mol. The van der Waals surface area contributed by atoms with Gasteiger partial charge < -0.3 is 20.6 Å². The second-order valence-electron chi connectivity index (χ2n) is 9.04. The molecule has 0 saturated carbocycles. The maximum absolute atomic E-state index is 13.6. The number of fused-ring (bicyclic) bond motifs is 1. The Morgan fingerprint density at radius 3 is 2.48 bits per heavy atom. The van der Waals surface area contributed by atoms with Crippen LogP contribution >= 0.6 is 0 Å². The zero-order valence-corrected chi connectivity index (χ0v) is 19.6. The molecular formula is C24H41N3O4. The molecule has 1 aliphatic carbocycles. The van der Waals surface area contributed by atoms with Gasteiger partial charge in [-0.2, -0.15) is 0 Å². The summed E-state index contributed by atoms with van der Waals surface area (Å²) in [6.07, 6.45) is 9.90. The summed E-state index contributed by atoms with van der Waals surface area (Å²) in [4.78, 5) is 41.4. The molecule has 1 aliphatic heterocycles. The van der Waals surface area contributed by atoms with Crippen LogP contribution in [0.25, 0.3) is 0 Å². The van der Waals surface area contributed by atoms with E-state index in [1.165, 1.54) is 0 Å². The molecular weight excluding hydrogens is 394 g/mol. The Balaban J connectivity index is 2.35. The van der Waals surface area contributed by atoms with E-state index in [4.69, 9.17) is 5.11 Å². The van der Waals surface area contributed by atoms with Gasteiger partial charge in [0.15, 0.2) is 0 Å². The predicted octanol–water partition coefficient (Wildman–Crippen LogP) is 2.25. The van der Waals surface area contributed by atoms with Crippen LogP contribution in [0, 0.1) is 23.7 Å². The summed E-state index contributed by atoms with van der Waals surface area (Å²) in [6.45, 7) is 6.74. The highest BCUT2D eigenvalue weighted by atomic mass is 16.3. The average Bonchev–Trinajstić information content (AvgIpc) is 3.03. The topological polar surface area (TPSA) is 98.7 Å². The van der Waals surface area contributed by atoms with E-state index in [9.17, 15) is 14.4 Å². The maximum Gasteiger partial charge on any atom is 0.243 e. The lowest BCUT2D eigenvalue weighted by molar-refractivity contribution is -0.141. The molecule has 176 valence electrons. The first-order valence-corrected chi connectivity index (χ1v) is 12.0. The minimum absolute atomic E-state index is 0.00668. The predicted molar refractivity (Wildman–Crippen MR) is 121 cm³/mol. The SMILES string of the molecule is CCCC(C)NC(=O)[C@@H]1[C@H]2C=C[C@@H](CCC)[C@@H](C(=O)NC)[C@@H]2C(=O)N1CCCCCO. The molecule has 2 aliphatic rings. The van der Waals surface area contributed by atoms with Crippen LogP contribution in [-0.4, -0.2) is 60.0 Å². The van der Waals surface area contributed by atoms with Crippen LogP contribution in [0.2, 0.25) is 0 Å². The highest BCUT2D eigenvalue weighted by molar-refractivity contribution is 5.96. The molecule has 2 rings (SSSR count). The summed E-state index contributed by atoms with van der Waals surface area (Å²) >= 11 is 0. The second-order valence-corrected chi connectivity index (χ2v) is 9.04. The Morgan fingerprint density at radius 2 is 1.87 bits per heavy atom. The number of nitrogens with one attached hydrogen (secondary N) is 2. The van der Waals surface area contributed by atoms with Crippen molar-refractivity contribution in [2.45, 2.75) is 77.8 Å². The third-order valence-corrected chi connectivity index (χ3v) is 6.72. The summed E-state index contributed by atoms with van der Waals surface area (Å²) in [5.41, 5.74) is 0. The molecule has 7 heteroatoms. The fourth-order valence-corrected chi connectivity index (χ4v) is 5.28. The molecule has 0 bridgehead atoms. The lowest BCUT2D eigenvalue weighted by Gasteiger charge is -2.34. The molecule has 31 heavy (non-hydrogen) atoms. The standard InChI is InChI=1S/C24H41N3O4/c1-5-10-16(3)26-23(30)21-18-13-12-17(11-6-2)19(22(29)25-4)20(18)24(31)27(21)14-8-7-9-15-28/h12-13,16-21,28H,5-11,14-15H2,1-4H3,(H,25,29)(H,26,30)/t16?,17-,18+,19-,20-,21+/m1/s1. The number of nitrogens with zero attached hydrogens (tertiary/aromatic N) is 1. The average molecular weight is 436 g/mol. The molecule has 3 amide bonds. The van der Waals surface area contributed by atoms with Crippen LogP contribution in [-0.2, 0) is 14.4 Å². The number of rotatable bonds is 12. The molecule has 0 radical (unpaired) electrons. The van der Waals surface area contributed by atoms with Gasteiger partial charge in [-0.1, -0.05) is 38.8 Å². The maximum atomic E-state index is 13.6. The fraction of sp³-hybridized carbons (Fsp3) is 0.792. The van der Waals surface area contributed by atoms with Crippen molar-refractivity contribution in [2.75, 3.05) is 20.2 Å². The number of amides is 3. The molecule has 1 unspecified atom stereocenters. The van der Waals surface area contributed by atoms with Gasteiger partial charge in [0.1, 0.15) is 6.04 Å². The van der Waals surface area contributed by atoms with Gasteiger partial charge in [-0.25, -0.2) is 0 Å². The van der Waals surface area contributed by atoms with E-state index >= 15 is 0 Å². The van der Waals surface area contributed by atoms with E-state index in [0.717, 1.165) is 38.5 Å². The summed E-state index contributed by atoms with van der Waals surface area (Å²) < 4.78 is 0. The molecule has 7 nitrogen and oxygen atoms in total. The van der Waals surface area contributed by atoms with E-state index in [1.54, 1.807) is 11.9 Å². The van der Waals surface area contributed by atoms with E-state index in [0.29, 0.717) is 13.0 Å². The van der Waals surface area contributed by atoms with Gasteiger partial charge in [0.2, 0.25) is 17.7 Å². The quantitative estimate of drug-likeness (QED) is 0.323. The number of hydrogen-bond donors (Lipinski definition) is 3. The zero-order valence-electron chi connectivity index (χ0n) is 19.6. The van der Waals surface area contributed by atoms with Crippen LogP contribution in [0.5, 0.6) is 0 Å². The molecule has 1 fully saturated rings. The van der Waals surface area contributed by atoms with E-state index in [1.807, 2.05) is 13.0 Å². The molecule has 0 spiro atoms. The minimum atomic E-state index is -0.586. The molecule has 1 saturated heterocycles. The van der Waals surface area contributed by atoms with E-state index in [2.05, 4.69) is 30.6 Å². The Bertz CT molecular complexity index is 651. The third kappa shape index (κ3) is 5.88. The second kappa shape index (κ2) is 12.2. The largest absolute Gasteiger partial charge is 0.396 e. The van der Waals surface area contributed by atoms with Crippen molar-refractivity contribution in [3.05, 3.63) is 12.2 Å². The van der Waals surface area contributed by atoms with Crippen molar-refractivity contribution in [1.29, 1.82) is 0 Å². The molecule has 0 aromatic rings. The lowest BCUT2D eigenvalue weighted by Crippen LogP contribution is -2.49. The molecule has 6 atom stereocenters. The van der Waals surface area contributed by atoms with Gasteiger partial charge in [-0.05, 0) is 44.9 Å². The van der Waals surface area contributed by atoms with Gasteiger partial charge in [0, 0.05) is 32.2 Å². The first kappa shape index (κ1) is 25.4. The summed E-state index contributed by atoms with van der Waals surface area (Å²) in [5.74, 6) is -1.57. The highest BCUT2D eigenvalue weighted by Crippen LogP contribution is 2.45. The van der Waals surface area contributed by atoms with Crippen LogP contribution in [0.15, 0.2) is 12.2 Å².